The molecule has 0 radical (unpaired) electrons. The molecule has 0 aliphatic rings. The molecule has 1 atom stereocenters. The number of nitrogens with zero attached hydrogens (tertiary/aromatic N) is 1. The number of hydrogen-bond donors (Lipinski definition) is 1. The highest BCUT2D eigenvalue weighted by Gasteiger charge is 2.09. The molecule has 0 aliphatic heterocycles. The van der Waals surface area contributed by atoms with Crippen molar-refractivity contribution in [2.75, 3.05) is 0 Å². The zero-order valence-corrected chi connectivity index (χ0v) is 13.1. The highest BCUT2D eigenvalue weighted by atomic mass is 16.1. The molecule has 2 rings (SSSR count). The van der Waals surface area contributed by atoms with Crippen molar-refractivity contribution in [3.63, 3.8) is 0 Å². The van der Waals surface area contributed by atoms with Crippen LogP contribution < -0.4 is 10.9 Å². The SMILES string of the molecule is CCC(C)NCc1ccc(-c2ccccc2)n(CC)c1=O. The van der Waals surface area contributed by atoms with E-state index < -0.39 is 0 Å². The van der Waals surface area contributed by atoms with E-state index in [2.05, 4.69) is 19.2 Å². The second-order valence-corrected chi connectivity index (χ2v) is 5.35. The van der Waals surface area contributed by atoms with Crippen molar-refractivity contribution in [3.8, 4) is 11.3 Å². The van der Waals surface area contributed by atoms with Crippen molar-refractivity contribution in [2.45, 2.75) is 46.3 Å². The molecule has 1 N–H and O–H groups in total. The molecule has 1 aromatic heterocycles. The maximum atomic E-state index is 12.6. The fourth-order valence-corrected chi connectivity index (χ4v) is 2.36. The fourth-order valence-electron chi connectivity index (χ4n) is 2.36. The molecule has 0 spiro atoms. The van der Waals surface area contributed by atoms with Crippen molar-refractivity contribution in [1.29, 1.82) is 0 Å². The summed E-state index contributed by atoms with van der Waals surface area (Å²) >= 11 is 0. The van der Waals surface area contributed by atoms with Crippen LogP contribution in [0.25, 0.3) is 11.3 Å². The second kappa shape index (κ2) is 7.23. The smallest absolute Gasteiger partial charge is 0.255 e. The Bertz CT molecular complexity index is 631. The van der Waals surface area contributed by atoms with Gasteiger partial charge in [-0.15, -0.1) is 0 Å². The number of nitrogens with one attached hydrogen (secondary N) is 1. The van der Waals surface area contributed by atoms with E-state index >= 15 is 0 Å². The fraction of sp³-hybridized carbons (Fsp3) is 0.389. The normalized spacial score (nSPS) is 12.3. The molecule has 0 amide bonds. The largest absolute Gasteiger partial charge is 0.310 e. The monoisotopic (exact) mass is 284 g/mol. The van der Waals surface area contributed by atoms with Crippen LogP contribution in [0, 0.1) is 0 Å². The van der Waals surface area contributed by atoms with E-state index in [0.29, 0.717) is 19.1 Å². The molecule has 0 saturated heterocycles. The molecule has 0 fully saturated rings. The molecule has 2 aromatic rings. The van der Waals surface area contributed by atoms with Gasteiger partial charge < -0.3 is 9.88 Å². The number of benzene rings is 1. The lowest BCUT2D eigenvalue weighted by atomic mass is 10.1. The summed E-state index contributed by atoms with van der Waals surface area (Å²) in [6, 6.07) is 14.5. The molecular weight excluding hydrogens is 260 g/mol. The standard InChI is InChI=1S/C18H24N2O/c1-4-14(3)19-13-16-11-12-17(20(5-2)18(16)21)15-9-7-6-8-10-15/h6-12,14,19H,4-5,13H2,1-3H3. The molecule has 3 nitrogen and oxygen atoms in total. The third kappa shape index (κ3) is 3.61. The van der Waals surface area contributed by atoms with Gasteiger partial charge in [0.05, 0.1) is 5.69 Å². The second-order valence-electron chi connectivity index (χ2n) is 5.35. The Kier molecular flexibility index (Phi) is 5.34. The van der Waals surface area contributed by atoms with Crippen LogP contribution in [-0.2, 0) is 13.1 Å². The molecular formula is C18H24N2O. The quantitative estimate of drug-likeness (QED) is 0.882. The lowest BCUT2D eigenvalue weighted by Gasteiger charge is -2.15. The first-order valence-corrected chi connectivity index (χ1v) is 7.68. The summed E-state index contributed by atoms with van der Waals surface area (Å²) < 4.78 is 1.85. The average Bonchev–Trinajstić information content (AvgIpc) is 2.53. The Morgan fingerprint density at radius 2 is 1.81 bits per heavy atom. The summed E-state index contributed by atoms with van der Waals surface area (Å²) in [7, 11) is 0. The first-order valence-electron chi connectivity index (χ1n) is 7.68. The van der Waals surface area contributed by atoms with Crippen molar-refractivity contribution in [3.05, 3.63) is 58.4 Å². The van der Waals surface area contributed by atoms with Crippen LogP contribution in [0.5, 0.6) is 0 Å². The van der Waals surface area contributed by atoms with E-state index in [9.17, 15) is 4.79 Å². The summed E-state index contributed by atoms with van der Waals surface area (Å²) in [5, 5.41) is 3.39. The van der Waals surface area contributed by atoms with Crippen LogP contribution in [-0.4, -0.2) is 10.6 Å². The number of pyridine rings is 1. The van der Waals surface area contributed by atoms with Gasteiger partial charge in [0.2, 0.25) is 0 Å². The van der Waals surface area contributed by atoms with E-state index in [1.165, 1.54) is 0 Å². The first-order chi connectivity index (χ1) is 10.2. The summed E-state index contributed by atoms with van der Waals surface area (Å²) in [5.41, 5.74) is 3.00. The van der Waals surface area contributed by atoms with Gasteiger partial charge in [-0.05, 0) is 31.9 Å². The first kappa shape index (κ1) is 15.5. The van der Waals surface area contributed by atoms with E-state index in [1.54, 1.807) is 0 Å². The van der Waals surface area contributed by atoms with Gasteiger partial charge in [0.1, 0.15) is 0 Å². The minimum Gasteiger partial charge on any atom is -0.310 e. The van der Waals surface area contributed by atoms with Gasteiger partial charge >= 0.3 is 0 Å². The van der Waals surface area contributed by atoms with Crippen LogP contribution in [0.1, 0.15) is 32.8 Å². The maximum Gasteiger partial charge on any atom is 0.255 e. The number of hydrogen-bond acceptors (Lipinski definition) is 2. The van der Waals surface area contributed by atoms with E-state index in [0.717, 1.165) is 23.2 Å². The van der Waals surface area contributed by atoms with Gasteiger partial charge in [0.15, 0.2) is 0 Å². The third-order valence-corrected chi connectivity index (χ3v) is 3.89. The van der Waals surface area contributed by atoms with Crippen LogP contribution in [0.3, 0.4) is 0 Å². The molecule has 0 aliphatic carbocycles. The lowest BCUT2D eigenvalue weighted by molar-refractivity contribution is 0.529. The van der Waals surface area contributed by atoms with Gasteiger partial charge in [-0.25, -0.2) is 0 Å². The summed E-state index contributed by atoms with van der Waals surface area (Å²) in [6.07, 6.45) is 1.06. The Hall–Kier alpha value is -1.87. The minimum absolute atomic E-state index is 0.106. The van der Waals surface area contributed by atoms with Crippen molar-refractivity contribution in [1.82, 2.24) is 9.88 Å². The highest BCUT2D eigenvalue weighted by Crippen LogP contribution is 2.17. The van der Waals surface area contributed by atoms with Crippen molar-refractivity contribution >= 4 is 0 Å². The van der Waals surface area contributed by atoms with E-state index in [4.69, 9.17) is 0 Å². The van der Waals surface area contributed by atoms with E-state index in [1.807, 2.05) is 54.0 Å². The molecule has 0 bridgehead atoms. The molecule has 0 saturated carbocycles. The lowest BCUT2D eigenvalue weighted by Crippen LogP contribution is -2.31. The predicted octanol–water partition coefficient (Wildman–Crippen LogP) is 3.42. The van der Waals surface area contributed by atoms with Crippen molar-refractivity contribution in [2.24, 2.45) is 0 Å². The van der Waals surface area contributed by atoms with Gasteiger partial charge in [-0.3, -0.25) is 4.79 Å². The molecule has 1 unspecified atom stereocenters. The van der Waals surface area contributed by atoms with E-state index in [-0.39, 0.29) is 5.56 Å². The Balaban J connectivity index is 2.35. The average molecular weight is 284 g/mol. The van der Waals surface area contributed by atoms with Gasteiger partial charge in [0, 0.05) is 24.7 Å². The van der Waals surface area contributed by atoms with Crippen LogP contribution in [0.4, 0.5) is 0 Å². The predicted molar refractivity (Wildman–Crippen MR) is 88.4 cm³/mol. The molecule has 21 heavy (non-hydrogen) atoms. The molecule has 1 aromatic carbocycles. The third-order valence-electron chi connectivity index (χ3n) is 3.89. The van der Waals surface area contributed by atoms with Crippen LogP contribution in [0.15, 0.2) is 47.3 Å². The number of rotatable bonds is 6. The van der Waals surface area contributed by atoms with Crippen molar-refractivity contribution < 1.29 is 0 Å². The topological polar surface area (TPSA) is 34.0 Å². The molecule has 1 heterocycles. The zero-order valence-electron chi connectivity index (χ0n) is 13.1. The summed E-state index contributed by atoms with van der Waals surface area (Å²) in [6.45, 7) is 7.60. The van der Waals surface area contributed by atoms with Crippen LogP contribution in [0.2, 0.25) is 0 Å². The molecule has 112 valence electrons. The zero-order chi connectivity index (χ0) is 15.2. The van der Waals surface area contributed by atoms with Gasteiger partial charge in [-0.1, -0.05) is 43.3 Å². The minimum atomic E-state index is 0.106. The van der Waals surface area contributed by atoms with Crippen LogP contribution >= 0.6 is 0 Å². The Morgan fingerprint density at radius 3 is 2.43 bits per heavy atom. The highest BCUT2D eigenvalue weighted by molar-refractivity contribution is 5.59. The summed E-state index contributed by atoms with van der Waals surface area (Å²) in [4.78, 5) is 12.6. The summed E-state index contributed by atoms with van der Waals surface area (Å²) in [5.74, 6) is 0. The van der Waals surface area contributed by atoms with Gasteiger partial charge in [0.25, 0.3) is 5.56 Å². The van der Waals surface area contributed by atoms with Gasteiger partial charge in [-0.2, -0.15) is 0 Å². The maximum absolute atomic E-state index is 12.6. The molecule has 3 heteroatoms. The number of aromatic nitrogens is 1. The Labute approximate surface area is 126 Å². The Morgan fingerprint density at radius 1 is 1.10 bits per heavy atom.